The molecule has 140 valence electrons. The predicted octanol–water partition coefficient (Wildman–Crippen LogP) is 2.67. The van der Waals surface area contributed by atoms with Crippen molar-refractivity contribution < 1.29 is 4.74 Å². The summed E-state index contributed by atoms with van der Waals surface area (Å²) in [6, 6.07) is 8.83. The molecule has 0 bridgehead atoms. The molecule has 0 radical (unpaired) electrons. The van der Waals surface area contributed by atoms with Gasteiger partial charge in [-0.05, 0) is 56.3 Å². The highest BCUT2D eigenvalue weighted by molar-refractivity contribution is 5.79. The van der Waals surface area contributed by atoms with Crippen molar-refractivity contribution in [3.05, 3.63) is 29.8 Å². The van der Waals surface area contributed by atoms with Gasteiger partial charge < -0.3 is 20.3 Å². The molecule has 1 saturated heterocycles. The van der Waals surface area contributed by atoms with Crippen molar-refractivity contribution in [1.29, 1.82) is 0 Å². The zero-order valence-electron chi connectivity index (χ0n) is 16.1. The van der Waals surface area contributed by atoms with Gasteiger partial charge in [-0.15, -0.1) is 0 Å². The first-order valence-corrected chi connectivity index (χ1v) is 9.57. The molecule has 2 rings (SSSR count). The van der Waals surface area contributed by atoms with Crippen molar-refractivity contribution in [2.24, 2.45) is 4.99 Å². The van der Waals surface area contributed by atoms with Crippen LogP contribution in [-0.2, 0) is 6.42 Å². The summed E-state index contributed by atoms with van der Waals surface area (Å²) >= 11 is 0. The molecule has 0 aromatic heterocycles. The normalized spacial score (nSPS) is 16.7. The van der Waals surface area contributed by atoms with Crippen LogP contribution in [-0.4, -0.2) is 57.2 Å². The van der Waals surface area contributed by atoms with Crippen LogP contribution in [0.25, 0.3) is 0 Å². The van der Waals surface area contributed by atoms with Crippen LogP contribution in [0.15, 0.2) is 29.3 Å². The summed E-state index contributed by atoms with van der Waals surface area (Å²) in [5.74, 6) is 1.86. The van der Waals surface area contributed by atoms with E-state index in [4.69, 9.17) is 4.74 Å². The van der Waals surface area contributed by atoms with Gasteiger partial charge in [0.2, 0.25) is 0 Å². The van der Waals surface area contributed by atoms with E-state index < -0.39 is 0 Å². The fourth-order valence-electron chi connectivity index (χ4n) is 3.33. The quantitative estimate of drug-likeness (QED) is 0.432. The Kier molecular flexibility index (Phi) is 8.60. The van der Waals surface area contributed by atoms with Gasteiger partial charge in [0.1, 0.15) is 5.75 Å². The average Bonchev–Trinajstić information content (AvgIpc) is 2.66. The highest BCUT2D eigenvalue weighted by Crippen LogP contribution is 2.13. The largest absolute Gasteiger partial charge is 0.497 e. The van der Waals surface area contributed by atoms with E-state index >= 15 is 0 Å². The Labute approximate surface area is 152 Å². The first-order chi connectivity index (χ1) is 12.2. The summed E-state index contributed by atoms with van der Waals surface area (Å²) in [5, 5.41) is 7.02. The van der Waals surface area contributed by atoms with Gasteiger partial charge in [-0.2, -0.15) is 0 Å². The number of guanidine groups is 1. The summed E-state index contributed by atoms with van der Waals surface area (Å²) in [5.41, 5.74) is 1.31. The van der Waals surface area contributed by atoms with Crippen LogP contribution in [0.1, 0.15) is 38.2 Å². The van der Waals surface area contributed by atoms with E-state index in [9.17, 15) is 0 Å². The van der Waals surface area contributed by atoms with Gasteiger partial charge in [0.05, 0.1) is 7.11 Å². The summed E-state index contributed by atoms with van der Waals surface area (Å²) in [4.78, 5) is 6.93. The second kappa shape index (κ2) is 11.0. The molecule has 0 aliphatic carbocycles. The second-order valence-electron chi connectivity index (χ2n) is 6.71. The lowest BCUT2D eigenvalue weighted by molar-refractivity contribution is 0.206. The van der Waals surface area contributed by atoms with E-state index in [1.54, 1.807) is 7.11 Å². The first kappa shape index (κ1) is 19.6. The minimum atomic E-state index is 0.540. The summed E-state index contributed by atoms with van der Waals surface area (Å²) in [6.07, 6.45) is 5.75. The molecule has 1 aromatic rings. The number of hydrogen-bond acceptors (Lipinski definition) is 3. The molecular weight excluding hydrogens is 312 g/mol. The molecule has 0 atom stereocenters. The maximum absolute atomic E-state index is 5.28. The second-order valence-corrected chi connectivity index (χ2v) is 6.71. The van der Waals surface area contributed by atoms with Crippen molar-refractivity contribution in [3.63, 3.8) is 0 Å². The molecule has 1 aliphatic rings. The van der Waals surface area contributed by atoms with Crippen molar-refractivity contribution in [2.75, 3.05) is 40.3 Å². The Morgan fingerprint density at radius 3 is 2.80 bits per heavy atom. The third-order valence-corrected chi connectivity index (χ3v) is 4.76. The number of aryl methyl sites for hydroxylation is 1. The fourth-order valence-corrected chi connectivity index (χ4v) is 3.33. The van der Waals surface area contributed by atoms with E-state index in [1.807, 2.05) is 19.2 Å². The van der Waals surface area contributed by atoms with Crippen LogP contribution >= 0.6 is 0 Å². The molecular formula is C20H34N4O. The molecule has 5 nitrogen and oxygen atoms in total. The number of rotatable bonds is 8. The summed E-state index contributed by atoms with van der Waals surface area (Å²) in [7, 11) is 3.56. The smallest absolute Gasteiger partial charge is 0.191 e. The number of nitrogens with one attached hydrogen (secondary N) is 2. The van der Waals surface area contributed by atoms with E-state index in [2.05, 4.69) is 39.6 Å². The first-order valence-electron chi connectivity index (χ1n) is 9.57. The molecule has 1 fully saturated rings. The summed E-state index contributed by atoms with van der Waals surface area (Å²) < 4.78 is 5.28. The number of methoxy groups -OCH3 is 1. The fraction of sp³-hybridized carbons (Fsp3) is 0.650. The van der Waals surface area contributed by atoms with Gasteiger partial charge in [0.15, 0.2) is 5.96 Å². The monoisotopic (exact) mass is 346 g/mol. The number of piperidine rings is 1. The molecule has 0 spiro atoms. The molecule has 25 heavy (non-hydrogen) atoms. The van der Waals surface area contributed by atoms with E-state index in [1.165, 1.54) is 44.5 Å². The predicted molar refractivity (Wildman–Crippen MR) is 106 cm³/mol. The molecule has 0 unspecified atom stereocenters. The number of hydrogen-bond donors (Lipinski definition) is 2. The Morgan fingerprint density at radius 2 is 2.12 bits per heavy atom. The minimum absolute atomic E-state index is 0.540. The molecule has 0 amide bonds. The van der Waals surface area contributed by atoms with Crippen molar-refractivity contribution >= 4 is 5.96 Å². The van der Waals surface area contributed by atoms with Crippen LogP contribution in [0, 0.1) is 0 Å². The number of nitrogens with zero attached hydrogens (tertiary/aromatic N) is 2. The minimum Gasteiger partial charge on any atom is -0.497 e. The Morgan fingerprint density at radius 1 is 1.32 bits per heavy atom. The highest BCUT2D eigenvalue weighted by Gasteiger charge is 2.19. The SMILES string of the molecule is CCCN1CCC(NC(=NC)NCCCc2cccc(OC)c2)CC1. The lowest BCUT2D eigenvalue weighted by Gasteiger charge is -2.32. The number of aliphatic imine (C=N–C) groups is 1. The maximum Gasteiger partial charge on any atom is 0.191 e. The number of benzene rings is 1. The lowest BCUT2D eigenvalue weighted by atomic mass is 10.1. The molecule has 0 saturated carbocycles. The molecule has 1 aliphatic heterocycles. The number of ether oxygens (including phenoxy) is 1. The van der Waals surface area contributed by atoms with Crippen molar-refractivity contribution in [1.82, 2.24) is 15.5 Å². The highest BCUT2D eigenvalue weighted by atomic mass is 16.5. The Balaban J connectivity index is 1.65. The number of likely N-dealkylation sites (tertiary alicyclic amines) is 1. The molecule has 1 aromatic carbocycles. The van der Waals surface area contributed by atoms with Crippen LogP contribution in [0.5, 0.6) is 5.75 Å². The molecule has 2 N–H and O–H groups in total. The Bertz CT molecular complexity index is 524. The summed E-state index contributed by atoms with van der Waals surface area (Å²) in [6.45, 7) is 6.79. The Hall–Kier alpha value is -1.75. The maximum atomic E-state index is 5.28. The van der Waals surface area contributed by atoms with Crippen LogP contribution in [0.2, 0.25) is 0 Å². The van der Waals surface area contributed by atoms with Gasteiger partial charge in [-0.25, -0.2) is 0 Å². The molecule has 5 heteroatoms. The van der Waals surface area contributed by atoms with Gasteiger partial charge in [0, 0.05) is 32.7 Å². The lowest BCUT2D eigenvalue weighted by Crippen LogP contribution is -2.48. The average molecular weight is 347 g/mol. The standard InChI is InChI=1S/C20H34N4O/c1-4-13-24-14-10-18(11-15-24)23-20(21-2)22-12-6-8-17-7-5-9-19(16-17)25-3/h5,7,9,16,18H,4,6,8,10-15H2,1-3H3,(H2,21,22,23). The van der Waals surface area contributed by atoms with Crippen LogP contribution < -0.4 is 15.4 Å². The third-order valence-electron chi connectivity index (χ3n) is 4.76. The van der Waals surface area contributed by atoms with Gasteiger partial charge in [-0.3, -0.25) is 4.99 Å². The van der Waals surface area contributed by atoms with Gasteiger partial charge >= 0.3 is 0 Å². The zero-order chi connectivity index (χ0) is 17.9. The van der Waals surface area contributed by atoms with Crippen molar-refractivity contribution in [3.8, 4) is 5.75 Å². The third kappa shape index (κ3) is 6.94. The van der Waals surface area contributed by atoms with Gasteiger partial charge in [0.25, 0.3) is 0 Å². The van der Waals surface area contributed by atoms with Crippen molar-refractivity contribution in [2.45, 2.75) is 45.1 Å². The van der Waals surface area contributed by atoms with E-state index in [0.29, 0.717) is 6.04 Å². The van der Waals surface area contributed by atoms with Crippen LogP contribution in [0.3, 0.4) is 0 Å². The van der Waals surface area contributed by atoms with E-state index in [-0.39, 0.29) is 0 Å². The van der Waals surface area contributed by atoms with Gasteiger partial charge in [-0.1, -0.05) is 19.1 Å². The van der Waals surface area contributed by atoms with Crippen LogP contribution in [0.4, 0.5) is 0 Å². The van der Waals surface area contributed by atoms with E-state index in [0.717, 1.165) is 31.1 Å². The molecule has 1 heterocycles. The topological polar surface area (TPSA) is 48.9 Å². The zero-order valence-corrected chi connectivity index (χ0v) is 16.1.